The third-order valence-corrected chi connectivity index (χ3v) is 13.3. The highest BCUT2D eigenvalue weighted by Crippen LogP contribution is 2.17. The summed E-state index contributed by atoms with van der Waals surface area (Å²) >= 11 is 0. The van der Waals surface area contributed by atoms with Crippen molar-refractivity contribution in [1.29, 1.82) is 0 Å². The maximum atomic E-state index is 12.9. The minimum Gasteiger partial charge on any atom is -0.462 e. The van der Waals surface area contributed by atoms with Gasteiger partial charge in [0, 0.05) is 19.3 Å². The normalized spacial score (nSPS) is 12.4. The average molecular weight is 980 g/mol. The number of rotatable bonds is 55. The van der Waals surface area contributed by atoms with E-state index < -0.39 is 6.10 Å². The lowest BCUT2D eigenvalue weighted by molar-refractivity contribution is -0.167. The van der Waals surface area contributed by atoms with E-state index in [1.807, 2.05) is 0 Å². The maximum absolute atomic E-state index is 12.9. The molecule has 6 nitrogen and oxygen atoms in total. The van der Waals surface area contributed by atoms with Gasteiger partial charge in [-0.1, -0.05) is 268 Å². The molecule has 0 N–H and O–H groups in total. The van der Waals surface area contributed by atoms with E-state index in [9.17, 15) is 14.4 Å². The van der Waals surface area contributed by atoms with E-state index in [1.165, 1.54) is 173 Å². The van der Waals surface area contributed by atoms with E-state index in [-0.39, 0.29) is 31.1 Å². The molecule has 0 saturated heterocycles. The Kier molecular flexibility index (Phi) is 56.3. The van der Waals surface area contributed by atoms with Crippen LogP contribution in [0.25, 0.3) is 0 Å². The topological polar surface area (TPSA) is 78.9 Å². The third-order valence-electron chi connectivity index (χ3n) is 13.3. The van der Waals surface area contributed by atoms with Gasteiger partial charge in [0.25, 0.3) is 0 Å². The van der Waals surface area contributed by atoms with Crippen LogP contribution in [-0.4, -0.2) is 37.2 Å². The van der Waals surface area contributed by atoms with Gasteiger partial charge in [-0.25, -0.2) is 0 Å². The SMILES string of the molecule is CC/C=C\C/C=C\C/C=C\C/C=C\CCCCCCCCCCC(=O)OCC(COC(=O)CCCCCCC/C=C\CCCCCC)OC(=O)CCCCCCCCCCCCCCCCCCCC. The highest BCUT2D eigenvalue weighted by Gasteiger charge is 2.19. The van der Waals surface area contributed by atoms with Crippen LogP contribution in [0.4, 0.5) is 0 Å². The Balaban J connectivity index is 4.34. The first kappa shape index (κ1) is 67.1. The first-order valence-corrected chi connectivity index (χ1v) is 30.3. The predicted octanol–water partition coefficient (Wildman–Crippen LogP) is 20.4. The van der Waals surface area contributed by atoms with E-state index in [0.29, 0.717) is 19.3 Å². The summed E-state index contributed by atoms with van der Waals surface area (Å²) in [5, 5.41) is 0. The van der Waals surface area contributed by atoms with Crippen LogP contribution in [-0.2, 0) is 28.6 Å². The number of allylic oxidation sites excluding steroid dienone is 10. The summed E-state index contributed by atoms with van der Waals surface area (Å²) in [6.07, 6.45) is 73.6. The lowest BCUT2D eigenvalue weighted by Crippen LogP contribution is -2.30. The second kappa shape index (κ2) is 58.7. The Morgan fingerprint density at radius 2 is 0.557 bits per heavy atom. The van der Waals surface area contributed by atoms with Crippen molar-refractivity contribution in [3.05, 3.63) is 60.8 Å². The molecule has 0 amide bonds. The fourth-order valence-electron chi connectivity index (χ4n) is 8.72. The molecule has 0 saturated carbocycles. The highest BCUT2D eigenvalue weighted by molar-refractivity contribution is 5.71. The summed E-state index contributed by atoms with van der Waals surface area (Å²) in [7, 11) is 0. The fraction of sp³-hybridized carbons (Fsp3) is 0.797. The lowest BCUT2D eigenvalue weighted by atomic mass is 10.0. The Bertz CT molecular complexity index is 1260. The number of ether oxygens (including phenoxy) is 3. The van der Waals surface area contributed by atoms with Crippen molar-refractivity contribution >= 4 is 17.9 Å². The summed E-state index contributed by atoms with van der Waals surface area (Å²) in [4.78, 5) is 38.2. The minimum atomic E-state index is -0.779. The van der Waals surface area contributed by atoms with Crippen LogP contribution >= 0.6 is 0 Å². The molecule has 0 aromatic carbocycles. The number of unbranched alkanes of at least 4 members (excludes halogenated alkanes) is 34. The van der Waals surface area contributed by atoms with Crippen LogP contribution in [0.1, 0.15) is 310 Å². The zero-order chi connectivity index (χ0) is 50.7. The number of carbonyl (C=O) groups is 3. The number of hydrogen-bond acceptors (Lipinski definition) is 6. The van der Waals surface area contributed by atoms with Crippen LogP contribution in [0.5, 0.6) is 0 Å². The van der Waals surface area contributed by atoms with Crippen molar-refractivity contribution in [2.24, 2.45) is 0 Å². The van der Waals surface area contributed by atoms with Gasteiger partial charge < -0.3 is 14.2 Å². The molecular formula is C64H114O6. The second-order valence-corrected chi connectivity index (χ2v) is 20.2. The van der Waals surface area contributed by atoms with Gasteiger partial charge in [0.15, 0.2) is 6.10 Å². The van der Waals surface area contributed by atoms with E-state index in [1.54, 1.807) is 0 Å². The van der Waals surface area contributed by atoms with Gasteiger partial charge in [-0.2, -0.15) is 0 Å². The van der Waals surface area contributed by atoms with Crippen LogP contribution < -0.4 is 0 Å². The van der Waals surface area contributed by atoms with Crippen LogP contribution in [0.3, 0.4) is 0 Å². The highest BCUT2D eigenvalue weighted by atomic mass is 16.6. The molecule has 0 aromatic heterocycles. The standard InChI is InChI=1S/C64H114O6/c1-4-7-10-13-16-19-22-25-27-29-31-32-33-35-36-39-42-45-48-51-54-57-63(66)69-60-61(59-68-62(65)56-53-50-47-44-41-38-24-21-18-15-12-9-6-3)70-64(67)58-55-52-49-46-43-40-37-34-30-28-26-23-20-17-14-11-8-5-2/h7,10,16,19,21,24-25,27,31-32,61H,4-6,8-9,11-15,17-18,20,22-23,26,28-30,33-60H2,1-3H3/b10-7-,19-16-,24-21-,27-25-,32-31-. The largest absolute Gasteiger partial charge is 0.462 e. The minimum absolute atomic E-state index is 0.0782. The predicted molar refractivity (Wildman–Crippen MR) is 302 cm³/mol. The van der Waals surface area contributed by atoms with Crippen molar-refractivity contribution in [3.8, 4) is 0 Å². The molecule has 0 spiro atoms. The van der Waals surface area contributed by atoms with Gasteiger partial charge in [0.05, 0.1) is 0 Å². The molecule has 0 aromatic rings. The van der Waals surface area contributed by atoms with Gasteiger partial charge >= 0.3 is 17.9 Å². The van der Waals surface area contributed by atoms with Gasteiger partial charge in [-0.15, -0.1) is 0 Å². The van der Waals surface area contributed by atoms with Crippen molar-refractivity contribution in [3.63, 3.8) is 0 Å². The summed E-state index contributed by atoms with van der Waals surface area (Å²) in [6, 6.07) is 0. The van der Waals surface area contributed by atoms with Crippen molar-refractivity contribution in [2.75, 3.05) is 13.2 Å². The number of hydrogen-bond donors (Lipinski definition) is 0. The lowest BCUT2D eigenvalue weighted by Gasteiger charge is -2.18. The molecular weight excluding hydrogens is 865 g/mol. The first-order valence-electron chi connectivity index (χ1n) is 30.3. The van der Waals surface area contributed by atoms with E-state index in [2.05, 4.69) is 81.5 Å². The average Bonchev–Trinajstić information content (AvgIpc) is 3.36. The van der Waals surface area contributed by atoms with Crippen LogP contribution in [0.2, 0.25) is 0 Å². The molecule has 0 heterocycles. The third kappa shape index (κ3) is 56.0. The molecule has 0 aliphatic carbocycles. The molecule has 0 aliphatic rings. The van der Waals surface area contributed by atoms with Crippen molar-refractivity contribution < 1.29 is 28.6 Å². The molecule has 0 radical (unpaired) electrons. The molecule has 0 rings (SSSR count). The molecule has 0 bridgehead atoms. The molecule has 1 atom stereocenters. The monoisotopic (exact) mass is 979 g/mol. The zero-order valence-corrected chi connectivity index (χ0v) is 46.5. The molecule has 0 aliphatic heterocycles. The number of esters is 3. The van der Waals surface area contributed by atoms with E-state index in [4.69, 9.17) is 14.2 Å². The Morgan fingerprint density at radius 3 is 0.900 bits per heavy atom. The molecule has 406 valence electrons. The Morgan fingerprint density at radius 1 is 0.300 bits per heavy atom. The first-order chi connectivity index (χ1) is 34.5. The molecule has 0 fully saturated rings. The summed E-state index contributed by atoms with van der Waals surface area (Å²) in [6.45, 7) is 6.54. The summed E-state index contributed by atoms with van der Waals surface area (Å²) in [5.41, 5.74) is 0. The van der Waals surface area contributed by atoms with E-state index >= 15 is 0 Å². The maximum Gasteiger partial charge on any atom is 0.306 e. The quantitative estimate of drug-likeness (QED) is 0.0261. The molecule has 70 heavy (non-hydrogen) atoms. The Labute approximate surface area is 434 Å². The molecule has 1 unspecified atom stereocenters. The Hall–Kier alpha value is -2.89. The van der Waals surface area contributed by atoms with Crippen LogP contribution in [0, 0.1) is 0 Å². The van der Waals surface area contributed by atoms with Gasteiger partial charge in [-0.3, -0.25) is 14.4 Å². The van der Waals surface area contributed by atoms with Gasteiger partial charge in [0.2, 0.25) is 0 Å². The van der Waals surface area contributed by atoms with Gasteiger partial charge in [0.1, 0.15) is 13.2 Å². The van der Waals surface area contributed by atoms with Gasteiger partial charge in [-0.05, 0) is 83.5 Å². The summed E-state index contributed by atoms with van der Waals surface area (Å²) < 4.78 is 16.9. The number of carbonyl (C=O) groups excluding carboxylic acids is 3. The second-order valence-electron chi connectivity index (χ2n) is 20.2. The van der Waals surface area contributed by atoms with Crippen molar-refractivity contribution in [2.45, 2.75) is 316 Å². The molecule has 6 heteroatoms. The summed E-state index contributed by atoms with van der Waals surface area (Å²) in [5.74, 6) is -0.878. The van der Waals surface area contributed by atoms with Crippen molar-refractivity contribution in [1.82, 2.24) is 0 Å². The zero-order valence-electron chi connectivity index (χ0n) is 46.5. The van der Waals surface area contributed by atoms with Crippen LogP contribution in [0.15, 0.2) is 60.8 Å². The fourth-order valence-corrected chi connectivity index (χ4v) is 8.72. The van der Waals surface area contributed by atoms with E-state index in [0.717, 1.165) is 96.3 Å². The smallest absolute Gasteiger partial charge is 0.306 e.